The quantitative estimate of drug-likeness (QED) is 0.633. The summed E-state index contributed by atoms with van der Waals surface area (Å²) in [4.78, 5) is 36.2. The summed E-state index contributed by atoms with van der Waals surface area (Å²) >= 11 is 0. The molecule has 9 heteroatoms. The Balaban J connectivity index is 1.67. The number of esters is 1. The Labute approximate surface area is 162 Å². The lowest BCUT2D eigenvalue weighted by Gasteiger charge is -2.11. The van der Waals surface area contributed by atoms with Gasteiger partial charge in [0.25, 0.3) is 5.91 Å². The van der Waals surface area contributed by atoms with Gasteiger partial charge in [-0.25, -0.2) is 4.79 Å². The number of halogens is 2. The molecule has 1 heterocycles. The zero-order chi connectivity index (χ0) is 21.0. The van der Waals surface area contributed by atoms with Crippen LogP contribution in [0.3, 0.4) is 0 Å². The number of para-hydroxylation sites is 2. The molecule has 150 valence electrons. The zero-order valence-corrected chi connectivity index (χ0v) is 15.1. The molecule has 0 bridgehead atoms. The normalized spacial score (nSPS) is 10.8. The average Bonchev–Trinajstić information content (AvgIpc) is 2.67. The Morgan fingerprint density at radius 2 is 1.90 bits per heavy atom. The maximum atomic E-state index is 12.4. The number of carbonyl (C=O) groups is 2. The van der Waals surface area contributed by atoms with Crippen molar-refractivity contribution in [2.75, 3.05) is 11.9 Å². The Bertz CT molecular complexity index is 1130. The van der Waals surface area contributed by atoms with Gasteiger partial charge in [-0.05, 0) is 31.2 Å². The molecule has 7 nitrogen and oxygen atoms in total. The fourth-order valence-electron chi connectivity index (χ4n) is 2.53. The van der Waals surface area contributed by atoms with Crippen molar-refractivity contribution >= 4 is 28.5 Å². The molecule has 0 aliphatic rings. The van der Waals surface area contributed by atoms with Crippen LogP contribution in [0.25, 0.3) is 11.0 Å². The standard InChI is InChI=1S/C20H15F2NO6/c1-11-6-7-15-12(8-11)14(24)9-17(28-15)19(26)27-10-18(25)23-13-4-2-3-5-16(13)29-20(21)22/h2-9,20H,10H2,1H3,(H,23,25). The van der Waals surface area contributed by atoms with Gasteiger partial charge < -0.3 is 19.2 Å². The molecule has 2 aromatic carbocycles. The zero-order valence-electron chi connectivity index (χ0n) is 15.1. The SMILES string of the molecule is Cc1ccc2oc(C(=O)OCC(=O)Nc3ccccc3OC(F)F)cc(=O)c2c1. The second kappa shape index (κ2) is 8.51. The molecule has 1 amide bonds. The van der Waals surface area contributed by atoms with Crippen molar-refractivity contribution in [3.8, 4) is 5.75 Å². The summed E-state index contributed by atoms with van der Waals surface area (Å²) in [7, 11) is 0. The van der Waals surface area contributed by atoms with E-state index in [-0.39, 0.29) is 22.8 Å². The second-order valence-corrected chi connectivity index (χ2v) is 5.97. The van der Waals surface area contributed by atoms with Crippen molar-refractivity contribution in [2.45, 2.75) is 13.5 Å². The van der Waals surface area contributed by atoms with Crippen LogP contribution in [0.4, 0.5) is 14.5 Å². The molecule has 0 aliphatic heterocycles. The molecule has 0 aliphatic carbocycles. The first-order valence-electron chi connectivity index (χ1n) is 8.39. The summed E-state index contributed by atoms with van der Waals surface area (Å²) in [5.41, 5.74) is 0.622. The third kappa shape index (κ3) is 4.95. The van der Waals surface area contributed by atoms with Crippen LogP contribution >= 0.6 is 0 Å². The van der Waals surface area contributed by atoms with E-state index in [4.69, 9.17) is 9.15 Å². The minimum Gasteiger partial charge on any atom is -0.450 e. The lowest BCUT2D eigenvalue weighted by atomic mass is 10.1. The molecule has 3 rings (SSSR count). The highest BCUT2D eigenvalue weighted by Gasteiger charge is 2.17. The fraction of sp³-hybridized carbons (Fsp3) is 0.150. The number of anilines is 1. The number of alkyl halides is 2. The summed E-state index contributed by atoms with van der Waals surface area (Å²) in [6.45, 7) is -1.98. The molecule has 0 spiro atoms. The fourth-order valence-corrected chi connectivity index (χ4v) is 2.53. The number of fused-ring (bicyclic) bond motifs is 1. The Kier molecular flexibility index (Phi) is 5.87. The lowest BCUT2D eigenvalue weighted by molar-refractivity contribution is -0.119. The van der Waals surface area contributed by atoms with Crippen molar-refractivity contribution in [3.05, 3.63) is 70.1 Å². The van der Waals surface area contributed by atoms with Crippen LogP contribution in [0.1, 0.15) is 16.1 Å². The smallest absolute Gasteiger partial charge is 0.387 e. The highest BCUT2D eigenvalue weighted by atomic mass is 19.3. The molecule has 29 heavy (non-hydrogen) atoms. The topological polar surface area (TPSA) is 94.8 Å². The predicted octanol–water partition coefficient (Wildman–Crippen LogP) is 3.50. The van der Waals surface area contributed by atoms with Gasteiger partial charge in [0.2, 0.25) is 5.76 Å². The summed E-state index contributed by atoms with van der Waals surface area (Å²) in [5, 5.41) is 2.62. The molecule has 0 atom stereocenters. The summed E-state index contributed by atoms with van der Waals surface area (Å²) in [5.74, 6) is -2.40. The van der Waals surface area contributed by atoms with Crippen molar-refractivity contribution < 1.29 is 32.3 Å². The molecule has 0 unspecified atom stereocenters. The average molecular weight is 403 g/mol. The number of ether oxygens (including phenoxy) is 2. The monoisotopic (exact) mass is 403 g/mol. The van der Waals surface area contributed by atoms with Crippen LogP contribution in [0.2, 0.25) is 0 Å². The van der Waals surface area contributed by atoms with Crippen molar-refractivity contribution in [2.24, 2.45) is 0 Å². The molecule has 1 aromatic heterocycles. The van der Waals surface area contributed by atoms with E-state index < -0.39 is 30.5 Å². The highest BCUT2D eigenvalue weighted by Crippen LogP contribution is 2.25. The number of hydrogen-bond donors (Lipinski definition) is 1. The highest BCUT2D eigenvalue weighted by molar-refractivity contribution is 5.96. The van der Waals surface area contributed by atoms with Crippen molar-refractivity contribution in [1.29, 1.82) is 0 Å². The van der Waals surface area contributed by atoms with Gasteiger partial charge in [0.15, 0.2) is 12.0 Å². The molecule has 0 saturated carbocycles. The van der Waals surface area contributed by atoms with Gasteiger partial charge >= 0.3 is 12.6 Å². The number of aryl methyl sites for hydroxylation is 1. The third-order valence-corrected chi connectivity index (χ3v) is 3.80. The van der Waals surface area contributed by atoms with Gasteiger partial charge in [0.1, 0.15) is 11.3 Å². The molecule has 3 aromatic rings. The van der Waals surface area contributed by atoms with Crippen LogP contribution < -0.4 is 15.5 Å². The number of amides is 1. The third-order valence-electron chi connectivity index (χ3n) is 3.80. The first-order valence-corrected chi connectivity index (χ1v) is 8.39. The van der Waals surface area contributed by atoms with Crippen LogP contribution in [-0.4, -0.2) is 25.1 Å². The Morgan fingerprint density at radius 3 is 2.66 bits per heavy atom. The number of rotatable bonds is 6. The van der Waals surface area contributed by atoms with E-state index in [1.807, 2.05) is 6.92 Å². The molecular weight excluding hydrogens is 388 g/mol. The second-order valence-electron chi connectivity index (χ2n) is 5.97. The van der Waals surface area contributed by atoms with Gasteiger partial charge in [0.05, 0.1) is 11.1 Å². The van der Waals surface area contributed by atoms with E-state index in [1.165, 1.54) is 24.3 Å². The minimum absolute atomic E-state index is 0.0125. The van der Waals surface area contributed by atoms with E-state index >= 15 is 0 Å². The van der Waals surface area contributed by atoms with Gasteiger partial charge in [-0.1, -0.05) is 23.8 Å². The first kappa shape index (κ1) is 20.0. The maximum absolute atomic E-state index is 12.4. The van der Waals surface area contributed by atoms with Gasteiger partial charge in [-0.2, -0.15) is 8.78 Å². The molecule has 0 saturated heterocycles. The van der Waals surface area contributed by atoms with Gasteiger partial charge in [-0.3, -0.25) is 9.59 Å². The molecule has 1 N–H and O–H groups in total. The maximum Gasteiger partial charge on any atom is 0.387 e. The minimum atomic E-state index is -3.06. The molecular formula is C20H15F2NO6. The van der Waals surface area contributed by atoms with Crippen LogP contribution in [0.5, 0.6) is 5.75 Å². The van der Waals surface area contributed by atoms with Crippen molar-refractivity contribution in [1.82, 2.24) is 0 Å². The van der Waals surface area contributed by atoms with Gasteiger partial charge in [0, 0.05) is 6.07 Å². The summed E-state index contributed by atoms with van der Waals surface area (Å²) in [6, 6.07) is 11.4. The number of nitrogens with one attached hydrogen (secondary N) is 1. The van der Waals surface area contributed by atoms with E-state index in [0.29, 0.717) is 5.39 Å². The number of carbonyl (C=O) groups excluding carboxylic acids is 2. The Morgan fingerprint density at radius 1 is 1.14 bits per heavy atom. The largest absolute Gasteiger partial charge is 0.450 e. The van der Waals surface area contributed by atoms with Crippen LogP contribution in [0, 0.1) is 6.92 Å². The van der Waals surface area contributed by atoms with Crippen LogP contribution in [0.15, 0.2) is 57.7 Å². The van der Waals surface area contributed by atoms with E-state index in [1.54, 1.807) is 18.2 Å². The summed E-state index contributed by atoms with van der Waals surface area (Å²) in [6.07, 6.45) is 0. The number of hydrogen-bond acceptors (Lipinski definition) is 6. The van der Waals surface area contributed by atoms with E-state index in [0.717, 1.165) is 11.6 Å². The first-order chi connectivity index (χ1) is 13.8. The van der Waals surface area contributed by atoms with E-state index in [2.05, 4.69) is 10.1 Å². The molecule has 0 fully saturated rings. The number of benzene rings is 2. The van der Waals surface area contributed by atoms with Gasteiger partial charge in [-0.15, -0.1) is 0 Å². The molecule has 0 radical (unpaired) electrons. The predicted molar refractivity (Wildman–Crippen MR) is 99.2 cm³/mol. The Hall–Kier alpha value is -3.75. The summed E-state index contributed by atoms with van der Waals surface area (Å²) < 4.78 is 39.3. The van der Waals surface area contributed by atoms with Crippen molar-refractivity contribution in [3.63, 3.8) is 0 Å². The van der Waals surface area contributed by atoms with E-state index in [9.17, 15) is 23.2 Å². The lowest BCUT2D eigenvalue weighted by Crippen LogP contribution is -2.22. The van der Waals surface area contributed by atoms with Crippen LogP contribution in [-0.2, 0) is 9.53 Å².